The van der Waals surface area contributed by atoms with Crippen molar-refractivity contribution in [3.05, 3.63) is 23.8 Å². The van der Waals surface area contributed by atoms with Crippen LogP contribution in [0.2, 0.25) is 0 Å². The maximum atomic E-state index is 13.1. The van der Waals surface area contributed by atoms with Gasteiger partial charge in [0.25, 0.3) is 5.91 Å². The number of rotatable bonds is 4. The minimum absolute atomic E-state index is 0. The first kappa shape index (κ1) is 21.3. The largest absolute Gasteiger partial charge is 0.496 e. The fourth-order valence-corrected chi connectivity index (χ4v) is 5.58. The van der Waals surface area contributed by atoms with Crippen molar-refractivity contribution >= 4 is 28.3 Å². The van der Waals surface area contributed by atoms with Crippen LogP contribution >= 0.6 is 12.4 Å². The molecular formula is C18H26ClN3O5S. The number of ether oxygens (including phenoxy) is 2. The highest BCUT2D eigenvalue weighted by Crippen LogP contribution is 2.31. The number of carbonyl (C=O) groups excluding carboxylic acids is 1. The molecule has 8 nitrogen and oxygen atoms in total. The van der Waals surface area contributed by atoms with Crippen molar-refractivity contribution in [1.82, 2.24) is 14.5 Å². The molecule has 2 atom stereocenters. The van der Waals surface area contributed by atoms with Gasteiger partial charge in [-0.1, -0.05) is 0 Å². The van der Waals surface area contributed by atoms with Gasteiger partial charge in [-0.2, -0.15) is 4.31 Å². The summed E-state index contributed by atoms with van der Waals surface area (Å²) in [7, 11) is -2.17. The second kappa shape index (κ2) is 8.54. The molecule has 0 saturated carbocycles. The van der Waals surface area contributed by atoms with Gasteiger partial charge in [0.15, 0.2) is 0 Å². The van der Waals surface area contributed by atoms with Crippen LogP contribution in [0.5, 0.6) is 5.75 Å². The molecule has 156 valence electrons. The fraction of sp³-hybridized carbons (Fsp3) is 0.611. The van der Waals surface area contributed by atoms with Crippen LogP contribution in [-0.4, -0.2) is 83.1 Å². The van der Waals surface area contributed by atoms with Gasteiger partial charge in [0.1, 0.15) is 5.75 Å². The highest BCUT2D eigenvalue weighted by atomic mass is 35.5. The minimum atomic E-state index is -3.66. The lowest BCUT2D eigenvalue weighted by molar-refractivity contribution is 0.0730. The third kappa shape index (κ3) is 3.86. The molecule has 3 fully saturated rings. The number of sulfonamides is 1. The lowest BCUT2D eigenvalue weighted by atomic mass is 10.0. The van der Waals surface area contributed by atoms with Crippen LogP contribution in [-0.2, 0) is 14.8 Å². The lowest BCUT2D eigenvalue weighted by Crippen LogP contribution is -2.40. The highest BCUT2D eigenvalue weighted by molar-refractivity contribution is 7.89. The summed E-state index contributed by atoms with van der Waals surface area (Å²) in [5.74, 6) is 1.18. The smallest absolute Gasteiger partial charge is 0.257 e. The van der Waals surface area contributed by atoms with E-state index in [0.29, 0.717) is 62.5 Å². The monoisotopic (exact) mass is 431 g/mol. The number of hydrogen-bond acceptors (Lipinski definition) is 6. The Balaban J connectivity index is 0.00000225. The van der Waals surface area contributed by atoms with Gasteiger partial charge < -0.3 is 19.7 Å². The number of fused-ring (bicyclic) bond motifs is 1. The minimum Gasteiger partial charge on any atom is -0.496 e. The molecule has 10 heteroatoms. The Bertz CT molecular complexity index is 817. The normalized spacial score (nSPS) is 25.2. The standard InChI is InChI=1S/C18H25N3O5S.ClH/c1-25-17-3-2-15(27(23,24)21-4-6-26-7-5-21)8-16(17)18(22)20-11-13-9-19-10-14(13)12-20;/h2-3,8,13-14,19H,4-7,9-12H2,1H3;1H/t13-,14+;. The van der Waals surface area contributed by atoms with E-state index in [0.717, 1.165) is 13.1 Å². The van der Waals surface area contributed by atoms with E-state index in [1.807, 2.05) is 4.90 Å². The van der Waals surface area contributed by atoms with Gasteiger partial charge in [0.2, 0.25) is 10.0 Å². The van der Waals surface area contributed by atoms with Crippen molar-refractivity contribution in [2.45, 2.75) is 4.90 Å². The predicted octanol–water partition coefficient (Wildman–Crippen LogP) is 0.429. The van der Waals surface area contributed by atoms with E-state index in [2.05, 4.69) is 5.32 Å². The van der Waals surface area contributed by atoms with Gasteiger partial charge in [-0.3, -0.25) is 4.79 Å². The Morgan fingerprint density at radius 1 is 1.18 bits per heavy atom. The Labute approximate surface area is 171 Å². The van der Waals surface area contributed by atoms with Crippen molar-refractivity contribution in [2.24, 2.45) is 11.8 Å². The van der Waals surface area contributed by atoms with Crippen LogP contribution < -0.4 is 10.1 Å². The number of carbonyl (C=O) groups is 1. The van der Waals surface area contributed by atoms with Crippen LogP contribution in [0.15, 0.2) is 23.1 Å². The van der Waals surface area contributed by atoms with Crippen molar-refractivity contribution < 1.29 is 22.7 Å². The summed E-state index contributed by atoms with van der Waals surface area (Å²) in [6, 6.07) is 4.53. The van der Waals surface area contributed by atoms with Crippen molar-refractivity contribution in [3.63, 3.8) is 0 Å². The summed E-state index contributed by atoms with van der Waals surface area (Å²) in [6.45, 7) is 4.64. The maximum absolute atomic E-state index is 13.1. The number of nitrogens with one attached hydrogen (secondary N) is 1. The average Bonchev–Trinajstić information content (AvgIpc) is 3.30. The summed E-state index contributed by atoms with van der Waals surface area (Å²) < 4.78 is 37.9. The Morgan fingerprint density at radius 2 is 1.82 bits per heavy atom. The van der Waals surface area contributed by atoms with E-state index in [1.54, 1.807) is 6.07 Å². The van der Waals surface area contributed by atoms with Crippen molar-refractivity contribution in [1.29, 1.82) is 0 Å². The van der Waals surface area contributed by atoms with E-state index in [4.69, 9.17) is 9.47 Å². The van der Waals surface area contributed by atoms with Crippen LogP contribution in [0.25, 0.3) is 0 Å². The molecule has 1 N–H and O–H groups in total. The summed E-state index contributed by atoms with van der Waals surface area (Å²) in [5, 5.41) is 3.35. The summed E-state index contributed by atoms with van der Waals surface area (Å²) in [5.41, 5.74) is 0.305. The van der Waals surface area contributed by atoms with Gasteiger partial charge in [0.05, 0.1) is 30.8 Å². The zero-order chi connectivity index (χ0) is 19.0. The van der Waals surface area contributed by atoms with E-state index < -0.39 is 10.0 Å². The topological polar surface area (TPSA) is 88.2 Å². The molecule has 3 saturated heterocycles. The molecule has 0 aliphatic carbocycles. The van der Waals surface area contributed by atoms with Gasteiger partial charge >= 0.3 is 0 Å². The molecule has 1 amide bonds. The molecule has 28 heavy (non-hydrogen) atoms. The van der Waals surface area contributed by atoms with E-state index in [9.17, 15) is 13.2 Å². The van der Waals surface area contributed by atoms with Gasteiger partial charge in [-0.25, -0.2) is 8.42 Å². The Kier molecular flexibility index (Phi) is 6.51. The van der Waals surface area contributed by atoms with Crippen molar-refractivity contribution in [3.8, 4) is 5.75 Å². The Hall–Kier alpha value is -1.39. The fourth-order valence-electron chi connectivity index (χ4n) is 4.14. The van der Waals surface area contributed by atoms with E-state index >= 15 is 0 Å². The van der Waals surface area contributed by atoms with E-state index in [-0.39, 0.29) is 23.2 Å². The molecule has 1 aromatic carbocycles. The van der Waals surface area contributed by atoms with Gasteiger partial charge in [-0.15, -0.1) is 12.4 Å². The number of halogens is 1. The molecule has 3 aliphatic rings. The second-order valence-electron chi connectivity index (χ2n) is 7.27. The molecule has 3 aliphatic heterocycles. The summed E-state index contributed by atoms with van der Waals surface area (Å²) in [6.07, 6.45) is 0. The van der Waals surface area contributed by atoms with Crippen LogP contribution in [0, 0.1) is 11.8 Å². The average molecular weight is 432 g/mol. The third-order valence-corrected chi connectivity index (χ3v) is 7.58. The SMILES string of the molecule is COc1ccc(S(=O)(=O)N2CCOCC2)cc1C(=O)N1C[C@H]2CNC[C@H]2C1.Cl. The number of hydrogen-bond donors (Lipinski definition) is 1. The number of methoxy groups -OCH3 is 1. The molecule has 0 bridgehead atoms. The highest BCUT2D eigenvalue weighted by Gasteiger charge is 2.39. The molecular weight excluding hydrogens is 406 g/mol. The van der Waals surface area contributed by atoms with Crippen LogP contribution in [0.4, 0.5) is 0 Å². The molecule has 0 radical (unpaired) electrons. The third-order valence-electron chi connectivity index (χ3n) is 5.69. The van der Waals surface area contributed by atoms with Crippen LogP contribution in [0.1, 0.15) is 10.4 Å². The van der Waals surface area contributed by atoms with Gasteiger partial charge in [0, 0.05) is 39.3 Å². The number of likely N-dealkylation sites (tertiary alicyclic amines) is 1. The molecule has 0 aromatic heterocycles. The summed E-state index contributed by atoms with van der Waals surface area (Å²) in [4.78, 5) is 15.0. The zero-order valence-corrected chi connectivity index (χ0v) is 17.4. The first-order chi connectivity index (χ1) is 13.0. The first-order valence-corrected chi connectivity index (χ1v) is 10.7. The van der Waals surface area contributed by atoms with Gasteiger partial charge in [-0.05, 0) is 30.0 Å². The maximum Gasteiger partial charge on any atom is 0.257 e. The quantitative estimate of drug-likeness (QED) is 0.743. The molecule has 0 unspecified atom stereocenters. The molecule has 3 heterocycles. The molecule has 1 aromatic rings. The molecule has 4 rings (SSSR count). The Morgan fingerprint density at radius 3 is 2.43 bits per heavy atom. The summed E-state index contributed by atoms with van der Waals surface area (Å²) >= 11 is 0. The number of morpholine rings is 1. The van der Waals surface area contributed by atoms with E-state index in [1.165, 1.54) is 23.5 Å². The molecule has 0 spiro atoms. The van der Waals surface area contributed by atoms with Crippen LogP contribution in [0.3, 0.4) is 0 Å². The lowest BCUT2D eigenvalue weighted by Gasteiger charge is -2.26. The predicted molar refractivity (Wildman–Crippen MR) is 106 cm³/mol. The number of nitrogens with zero attached hydrogens (tertiary/aromatic N) is 2. The van der Waals surface area contributed by atoms with Crippen molar-refractivity contribution in [2.75, 3.05) is 59.6 Å². The number of amides is 1. The zero-order valence-electron chi connectivity index (χ0n) is 15.8. The number of benzene rings is 1. The second-order valence-corrected chi connectivity index (χ2v) is 9.21. The first-order valence-electron chi connectivity index (χ1n) is 9.26.